The minimum Gasteiger partial charge on any atom is -0.305 e. The molecule has 0 aliphatic heterocycles. The summed E-state index contributed by atoms with van der Waals surface area (Å²) in [5.41, 5.74) is 0.959. The Hall–Kier alpha value is -0.580. The molecule has 0 saturated carbocycles. The largest absolute Gasteiger partial charge is 0.305 e. The van der Waals surface area contributed by atoms with Gasteiger partial charge in [0.25, 0.3) is 0 Å². The molecule has 1 aromatic carbocycles. The van der Waals surface area contributed by atoms with Crippen molar-refractivity contribution in [2.24, 2.45) is 5.14 Å². The van der Waals surface area contributed by atoms with Crippen LogP contribution < -0.4 is 5.14 Å². The van der Waals surface area contributed by atoms with Gasteiger partial charge in [-0.1, -0.05) is 19.9 Å². The Bertz CT molecular complexity index is 290. The van der Waals surface area contributed by atoms with Crippen LogP contribution in [0.25, 0.3) is 0 Å². The fourth-order valence-corrected chi connectivity index (χ4v) is 1.42. The molecule has 2 nitrogen and oxygen atoms in total. The van der Waals surface area contributed by atoms with Gasteiger partial charge < -0.3 is 4.90 Å². The van der Waals surface area contributed by atoms with Gasteiger partial charge in [-0.25, -0.2) is 4.39 Å². The molecule has 4 heteroatoms. The van der Waals surface area contributed by atoms with Gasteiger partial charge in [-0.15, -0.1) is 0 Å². The van der Waals surface area contributed by atoms with E-state index >= 15 is 0 Å². The third-order valence-electron chi connectivity index (χ3n) is 1.62. The first kappa shape index (κ1) is 14.4. The number of hydrogen-bond donors (Lipinski definition) is 1. The summed E-state index contributed by atoms with van der Waals surface area (Å²) < 4.78 is 13.2. The highest BCUT2D eigenvalue weighted by atomic mass is 32.2. The van der Waals surface area contributed by atoms with Crippen molar-refractivity contribution >= 4 is 11.9 Å². The molecule has 0 heterocycles. The van der Waals surface area contributed by atoms with E-state index in [1.54, 1.807) is 6.07 Å². The average molecular weight is 230 g/mol. The smallest absolute Gasteiger partial charge is 0.138 e. The number of nitrogens with zero attached hydrogens (tertiary/aromatic N) is 1. The number of benzene rings is 1. The molecule has 1 rings (SSSR count). The van der Waals surface area contributed by atoms with Crippen molar-refractivity contribution in [3.63, 3.8) is 0 Å². The molecular weight excluding hydrogens is 211 g/mol. The van der Waals surface area contributed by atoms with Gasteiger partial charge in [0.05, 0.1) is 4.90 Å². The number of hydrogen-bond acceptors (Lipinski definition) is 3. The second-order valence-electron chi connectivity index (χ2n) is 3.12. The standard InChI is InChI=1S/C9H13FN2S.C2H6/c1-12(2)6-7-3-4-9(13-11)8(10)5-7;1-2/h3-5H,6,11H2,1-2H3;1-2H3. The normalized spacial score (nSPS) is 9.80. The van der Waals surface area contributed by atoms with Crippen LogP contribution in [0, 0.1) is 5.82 Å². The lowest BCUT2D eigenvalue weighted by Crippen LogP contribution is -2.10. The van der Waals surface area contributed by atoms with Crippen LogP contribution in [0.5, 0.6) is 0 Å². The number of rotatable bonds is 3. The zero-order chi connectivity index (χ0) is 11.8. The maximum atomic E-state index is 13.2. The number of halogens is 1. The molecule has 86 valence electrons. The zero-order valence-electron chi connectivity index (χ0n) is 9.75. The molecule has 0 aliphatic rings. The summed E-state index contributed by atoms with van der Waals surface area (Å²) >= 11 is 0.934. The third-order valence-corrected chi connectivity index (χ3v) is 2.21. The number of nitrogens with two attached hydrogens (primary N) is 1. The Labute approximate surface area is 95.8 Å². The van der Waals surface area contributed by atoms with E-state index in [1.807, 2.05) is 38.9 Å². The third kappa shape index (κ3) is 5.16. The predicted octanol–water partition coefficient (Wildman–Crippen LogP) is 2.88. The van der Waals surface area contributed by atoms with Crippen LogP contribution in [-0.2, 0) is 6.54 Å². The molecule has 0 fully saturated rings. The minimum atomic E-state index is -0.244. The topological polar surface area (TPSA) is 29.3 Å². The van der Waals surface area contributed by atoms with E-state index in [1.165, 1.54) is 6.07 Å². The molecule has 0 bridgehead atoms. The van der Waals surface area contributed by atoms with Crippen molar-refractivity contribution in [2.45, 2.75) is 25.3 Å². The molecule has 0 aliphatic carbocycles. The van der Waals surface area contributed by atoms with E-state index in [-0.39, 0.29) is 5.82 Å². The predicted molar refractivity (Wildman–Crippen MR) is 65.2 cm³/mol. The summed E-state index contributed by atoms with van der Waals surface area (Å²) in [5, 5.41) is 5.27. The van der Waals surface area contributed by atoms with Crippen molar-refractivity contribution in [3.05, 3.63) is 29.6 Å². The summed E-state index contributed by atoms with van der Waals surface area (Å²) in [6, 6.07) is 5.12. The van der Waals surface area contributed by atoms with Crippen molar-refractivity contribution in [1.82, 2.24) is 4.90 Å². The molecule has 0 amide bonds. The van der Waals surface area contributed by atoms with E-state index < -0.39 is 0 Å². The van der Waals surface area contributed by atoms with Crippen LogP contribution in [0.2, 0.25) is 0 Å². The molecule has 0 radical (unpaired) electrons. The first-order chi connectivity index (χ1) is 7.13. The van der Waals surface area contributed by atoms with Crippen LogP contribution in [0.3, 0.4) is 0 Å². The highest BCUT2D eigenvalue weighted by Gasteiger charge is 2.02. The van der Waals surface area contributed by atoms with Crippen LogP contribution in [0.1, 0.15) is 19.4 Å². The van der Waals surface area contributed by atoms with E-state index in [0.29, 0.717) is 4.90 Å². The molecule has 0 atom stereocenters. The highest BCUT2D eigenvalue weighted by Crippen LogP contribution is 2.18. The maximum Gasteiger partial charge on any atom is 0.138 e. The highest BCUT2D eigenvalue weighted by molar-refractivity contribution is 7.97. The SMILES string of the molecule is CC.CN(C)Cc1ccc(SN)c(F)c1. The van der Waals surface area contributed by atoms with Crippen LogP contribution in [0.4, 0.5) is 4.39 Å². The lowest BCUT2D eigenvalue weighted by Gasteiger charge is -2.10. The monoisotopic (exact) mass is 230 g/mol. The Kier molecular flexibility index (Phi) is 7.38. The molecular formula is C11H19FN2S. The molecule has 0 aromatic heterocycles. The van der Waals surface area contributed by atoms with E-state index in [4.69, 9.17) is 5.14 Å². The van der Waals surface area contributed by atoms with Crippen LogP contribution >= 0.6 is 11.9 Å². The van der Waals surface area contributed by atoms with Gasteiger partial charge >= 0.3 is 0 Å². The second-order valence-corrected chi connectivity index (χ2v) is 3.80. The summed E-state index contributed by atoms with van der Waals surface area (Å²) in [5.74, 6) is -0.244. The van der Waals surface area contributed by atoms with Gasteiger partial charge in [0, 0.05) is 6.54 Å². The fourth-order valence-electron chi connectivity index (χ4n) is 1.10. The second kappa shape index (κ2) is 7.68. The van der Waals surface area contributed by atoms with Crippen molar-refractivity contribution in [2.75, 3.05) is 14.1 Å². The minimum absolute atomic E-state index is 0.244. The lowest BCUT2D eigenvalue weighted by atomic mass is 10.2. The van der Waals surface area contributed by atoms with Crippen molar-refractivity contribution in [1.29, 1.82) is 0 Å². The molecule has 0 spiro atoms. The lowest BCUT2D eigenvalue weighted by molar-refractivity contribution is 0.401. The van der Waals surface area contributed by atoms with Gasteiger partial charge in [-0.3, -0.25) is 5.14 Å². The van der Waals surface area contributed by atoms with Crippen molar-refractivity contribution in [3.8, 4) is 0 Å². The molecule has 1 aromatic rings. The van der Waals surface area contributed by atoms with Gasteiger partial charge in [-0.05, 0) is 43.7 Å². The first-order valence-corrected chi connectivity index (χ1v) is 5.81. The summed E-state index contributed by atoms with van der Waals surface area (Å²) in [4.78, 5) is 2.48. The van der Waals surface area contributed by atoms with Gasteiger partial charge in [0.15, 0.2) is 0 Å². The summed E-state index contributed by atoms with van der Waals surface area (Å²) in [6.07, 6.45) is 0. The molecule has 0 saturated heterocycles. The quantitative estimate of drug-likeness (QED) is 0.810. The fraction of sp³-hybridized carbons (Fsp3) is 0.455. The molecule has 2 N–H and O–H groups in total. The summed E-state index contributed by atoms with van der Waals surface area (Å²) in [7, 11) is 3.90. The zero-order valence-corrected chi connectivity index (χ0v) is 10.6. The molecule has 15 heavy (non-hydrogen) atoms. The van der Waals surface area contributed by atoms with Crippen molar-refractivity contribution < 1.29 is 4.39 Å². The van der Waals surface area contributed by atoms with Gasteiger partial charge in [0.2, 0.25) is 0 Å². The summed E-state index contributed by atoms with van der Waals surface area (Å²) in [6.45, 7) is 4.74. The van der Waals surface area contributed by atoms with Gasteiger partial charge in [0.1, 0.15) is 5.82 Å². The molecule has 0 unspecified atom stereocenters. The Morgan fingerprint density at radius 2 is 1.93 bits per heavy atom. The Balaban J connectivity index is 0.000000921. The Morgan fingerprint density at radius 1 is 1.33 bits per heavy atom. The van der Waals surface area contributed by atoms with Crippen LogP contribution in [-0.4, -0.2) is 19.0 Å². The maximum absolute atomic E-state index is 13.2. The van der Waals surface area contributed by atoms with Gasteiger partial charge in [-0.2, -0.15) is 0 Å². The van der Waals surface area contributed by atoms with E-state index in [9.17, 15) is 4.39 Å². The van der Waals surface area contributed by atoms with E-state index in [0.717, 1.165) is 24.1 Å². The first-order valence-electron chi connectivity index (χ1n) is 4.93. The average Bonchev–Trinajstić information content (AvgIpc) is 2.20. The van der Waals surface area contributed by atoms with Crippen LogP contribution in [0.15, 0.2) is 23.1 Å². The Morgan fingerprint density at radius 3 is 2.33 bits per heavy atom. The van der Waals surface area contributed by atoms with E-state index in [2.05, 4.69) is 0 Å².